The maximum atomic E-state index is 12.7. The van der Waals surface area contributed by atoms with Crippen LogP contribution in [0.1, 0.15) is 27.5 Å². The molecule has 1 atom stereocenters. The third-order valence-electron chi connectivity index (χ3n) is 4.20. The van der Waals surface area contributed by atoms with Crippen molar-refractivity contribution in [3.05, 3.63) is 45.9 Å². The monoisotopic (exact) mass is 417 g/mol. The van der Waals surface area contributed by atoms with E-state index >= 15 is 0 Å². The average Bonchev–Trinajstić information content (AvgIpc) is 3.22. The summed E-state index contributed by atoms with van der Waals surface area (Å²) in [4.78, 5) is 19.0. The molecule has 0 saturated carbocycles. The average molecular weight is 418 g/mol. The summed E-state index contributed by atoms with van der Waals surface area (Å²) in [5.41, 5.74) is 1.61. The number of aromatic nitrogens is 1. The van der Waals surface area contributed by atoms with Crippen LogP contribution in [0.25, 0.3) is 0 Å². The summed E-state index contributed by atoms with van der Waals surface area (Å²) in [5.74, 6) is 1.34. The molecule has 1 N–H and O–H groups in total. The van der Waals surface area contributed by atoms with Gasteiger partial charge in [0.05, 0.1) is 10.7 Å². The lowest BCUT2D eigenvalue weighted by Crippen LogP contribution is -2.30. The van der Waals surface area contributed by atoms with Gasteiger partial charge in [0, 0.05) is 24.0 Å². The van der Waals surface area contributed by atoms with E-state index in [1.165, 1.54) is 0 Å². The van der Waals surface area contributed by atoms with Gasteiger partial charge in [-0.3, -0.25) is 4.79 Å². The summed E-state index contributed by atoms with van der Waals surface area (Å²) in [5, 5.41) is 6.22. The van der Waals surface area contributed by atoms with Crippen molar-refractivity contribution in [2.45, 2.75) is 20.0 Å². The second-order valence-corrected chi connectivity index (χ2v) is 7.20. The Morgan fingerprint density at radius 1 is 1.42 bits per heavy atom. The molecule has 1 saturated heterocycles. The topological polar surface area (TPSA) is 54.5 Å². The van der Waals surface area contributed by atoms with E-state index in [9.17, 15) is 4.79 Å². The van der Waals surface area contributed by atoms with Crippen molar-refractivity contribution in [3.8, 4) is 5.75 Å². The lowest BCUT2D eigenvalue weighted by atomic mass is 10.1. The van der Waals surface area contributed by atoms with E-state index in [4.69, 9.17) is 4.74 Å². The van der Waals surface area contributed by atoms with Crippen molar-refractivity contribution < 1.29 is 9.53 Å². The van der Waals surface area contributed by atoms with Gasteiger partial charge in [0.25, 0.3) is 5.91 Å². The minimum atomic E-state index is 0. The normalized spacial score (nSPS) is 15.9. The molecule has 1 aliphatic heterocycles. The second-order valence-electron chi connectivity index (χ2n) is 6.14. The zero-order valence-corrected chi connectivity index (χ0v) is 17.4. The number of nitrogens with zero attached hydrogens (tertiary/aromatic N) is 2. The maximum absolute atomic E-state index is 12.7. The van der Waals surface area contributed by atoms with E-state index in [1.54, 1.807) is 11.3 Å². The Bertz CT molecular complexity index is 711. The van der Waals surface area contributed by atoms with Crippen LogP contribution < -0.4 is 10.1 Å². The van der Waals surface area contributed by atoms with E-state index < -0.39 is 0 Å². The molecular formula is C18H25Cl2N3O2S. The molecule has 0 aliphatic carbocycles. The van der Waals surface area contributed by atoms with Crippen LogP contribution >= 0.6 is 36.2 Å². The van der Waals surface area contributed by atoms with Gasteiger partial charge in [-0.25, -0.2) is 4.98 Å². The standard InChI is InChI=1S/C18H23N3O2S.2ClH/c1-13-20-16(12-24-13)11-23-17-5-3-4-15(8-17)18(22)21-7-6-14(10-21)9-19-2;;/h3-5,8,12,14,19H,6-7,9-11H2,1-2H3;2*1H. The third-order valence-corrected chi connectivity index (χ3v) is 5.02. The van der Waals surface area contributed by atoms with Crippen LogP contribution in [0.3, 0.4) is 0 Å². The number of thiazole rings is 1. The molecule has 5 nitrogen and oxygen atoms in total. The number of hydrogen-bond acceptors (Lipinski definition) is 5. The Balaban J connectivity index is 0.00000169. The van der Waals surface area contributed by atoms with Gasteiger partial charge in [-0.15, -0.1) is 36.2 Å². The number of ether oxygens (including phenoxy) is 1. The van der Waals surface area contributed by atoms with Crippen molar-refractivity contribution in [2.24, 2.45) is 5.92 Å². The first kappa shape index (κ1) is 22.7. The number of halogens is 2. The van der Waals surface area contributed by atoms with Gasteiger partial charge in [0.1, 0.15) is 12.4 Å². The molecule has 8 heteroatoms. The summed E-state index contributed by atoms with van der Waals surface area (Å²) in [6, 6.07) is 7.43. The van der Waals surface area contributed by atoms with Gasteiger partial charge in [0.15, 0.2) is 0 Å². The molecule has 0 bridgehead atoms. The molecule has 1 fully saturated rings. The summed E-state index contributed by atoms with van der Waals surface area (Å²) in [7, 11) is 1.95. The largest absolute Gasteiger partial charge is 0.487 e. The smallest absolute Gasteiger partial charge is 0.253 e. The molecule has 1 aromatic carbocycles. The van der Waals surface area contributed by atoms with Crippen LogP contribution in [0.2, 0.25) is 0 Å². The molecular weight excluding hydrogens is 393 g/mol. The molecule has 1 amide bonds. The first-order valence-electron chi connectivity index (χ1n) is 8.23. The SMILES string of the molecule is CNCC1CCN(C(=O)c2cccc(OCc3csc(C)n3)c2)C1.Cl.Cl. The minimum absolute atomic E-state index is 0. The fourth-order valence-corrected chi connectivity index (χ4v) is 3.60. The predicted molar refractivity (Wildman–Crippen MR) is 110 cm³/mol. The van der Waals surface area contributed by atoms with Crippen LogP contribution in [0.15, 0.2) is 29.6 Å². The summed E-state index contributed by atoms with van der Waals surface area (Å²) >= 11 is 1.61. The summed E-state index contributed by atoms with van der Waals surface area (Å²) < 4.78 is 5.78. The van der Waals surface area contributed by atoms with Gasteiger partial charge in [-0.05, 0) is 51.1 Å². The number of likely N-dealkylation sites (tertiary alicyclic amines) is 1. The molecule has 0 spiro atoms. The van der Waals surface area contributed by atoms with Crippen LogP contribution in [-0.2, 0) is 6.61 Å². The van der Waals surface area contributed by atoms with Crippen molar-refractivity contribution in [2.75, 3.05) is 26.7 Å². The molecule has 2 heterocycles. The van der Waals surface area contributed by atoms with E-state index in [1.807, 2.05) is 48.5 Å². The van der Waals surface area contributed by atoms with E-state index in [-0.39, 0.29) is 30.7 Å². The summed E-state index contributed by atoms with van der Waals surface area (Å²) in [6.07, 6.45) is 1.06. The lowest BCUT2D eigenvalue weighted by molar-refractivity contribution is 0.0786. The highest BCUT2D eigenvalue weighted by molar-refractivity contribution is 7.09. The number of benzene rings is 1. The van der Waals surface area contributed by atoms with Gasteiger partial charge in [-0.2, -0.15) is 0 Å². The second kappa shape index (κ2) is 10.7. The maximum Gasteiger partial charge on any atom is 0.253 e. The zero-order chi connectivity index (χ0) is 16.9. The lowest BCUT2D eigenvalue weighted by Gasteiger charge is -2.17. The van der Waals surface area contributed by atoms with Crippen molar-refractivity contribution >= 4 is 42.1 Å². The number of rotatable bonds is 6. The highest BCUT2D eigenvalue weighted by atomic mass is 35.5. The Morgan fingerprint density at radius 3 is 2.92 bits per heavy atom. The Kier molecular flexibility index (Phi) is 9.36. The van der Waals surface area contributed by atoms with Gasteiger partial charge < -0.3 is 15.0 Å². The highest BCUT2D eigenvalue weighted by Crippen LogP contribution is 2.21. The molecule has 1 aromatic heterocycles. The van der Waals surface area contributed by atoms with E-state index in [2.05, 4.69) is 10.3 Å². The van der Waals surface area contributed by atoms with Crippen LogP contribution in [0.5, 0.6) is 5.75 Å². The molecule has 144 valence electrons. The van der Waals surface area contributed by atoms with Crippen LogP contribution in [-0.4, -0.2) is 42.5 Å². The Morgan fingerprint density at radius 2 is 2.23 bits per heavy atom. The number of hydrogen-bond donors (Lipinski definition) is 1. The quantitative estimate of drug-likeness (QED) is 0.780. The first-order chi connectivity index (χ1) is 11.7. The molecule has 3 rings (SSSR count). The van der Waals surface area contributed by atoms with E-state index in [0.29, 0.717) is 23.8 Å². The molecule has 0 radical (unpaired) electrons. The Labute approximate surface area is 171 Å². The highest BCUT2D eigenvalue weighted by Gasteiger charge is 2.26. The van der Waals surface area contributed by atoms with Crippen molar-refractivity contribution in [3.63, 3.8) is 0 Å². The summed E-state index contributed by atoms with van der Waals surface area (Å²) in [6.45, 7) is 5.01. The van der Waals surface area contributed by atoms with E-state index in [0.717, 1.165) is 36.8 Å². The number of carbonyl (C=O) groups is 1. The molecule has 1 aliphatic rings. The molecule has 1 unspecified atom stereocenters. The fourth-order valence-electron chi connectivity index (χ4n) is 3.01. The number of amides is 1. The van der Waals surface area contributed by atoms with Crippen LogP contribution in [0.4, 0.5) is 0 Å². The van der Waals surface area contributed by atoms with Gasteiger partial charge >= 0.3 is 0 Å². The minimum Gasteiger partial charge on any atom is -0.487 e. The van der Waals surface area contributed by atoms with Gasteiger partial charge in [0.2, 0.25) is 0 Å². The number of nitrogens with one attached hydrogen (secondary N) is 1. The van der Waals surface area contributed by atoms with Crippen molar-refractivity contribution in [1.29, 1.82) is 0 Å². The third kappa shape index (κ3) is 5.84. The Hall–Kier alpha value is -1.34. The van der Waals surface area contributed by atoms with Gasteiger partial charge in [-0.1, -0.05) is 6.07 Å². The number of carbonyl (C=O) groups excluding carboxylic acids is 1. The first-order valence-corrected chi connectivity index (χ1v) is 9.11. The van der Waals surface area contributed by atoms with Crippen molar-refractivity contribution in [1.82, 2.24) is 15.2 Å². The van der Waals surface area contributed by atoms with Crippen LogP contribution in [0, 0.1) is 12.8 Å². The predicted octanol–water partition coefficient (Wildman–Crippen LogP) is 3.56. The molecule has 2 aromatic rings. The fraction of sp³-hybridized carbons (Fsp3) is 0.444. The molecule has 26 heavy (non-hydrogen) atoms. The number of aryl methyl sites for hydroxylation is 1. The zero-order valence-electron chi connectivity index (χ0n) is 14.9.